The summed E-state index contributed by atoms with van der Waals surface area (Å²) in [7, 11) is 2.95. The Balaban J connectivity index is 3.26. The van der Waals surface area contributed by atoms with Gasteiger partial charge in [-0.05, 0) is 26.1 Å². The average Bonchev–Trinajstić information content (AvgIpc) is 2.35. The largest absolute Gasteiger partial charge is 0.465 e. The predicted octanol–water partition coefficient (Wildman–Crippen LogP) is 1.66. The number of nitro groups is 1. The first-order valence-corrected chi connectivity index (χ1v) is 5.05. The van der Waals surface area contributed by atoms with Crippen LogP contribution >= 0.6 is 0 Å². The summed E-state index contributed by atoms with van der Waals surface area (Å²) in [6, 6.07) is 4.14. The van der Waals surface area contributed by atoms with Crippen LogP contribution in [-0.2, 0) is 4.74 Å². The fourth-order valence-corrected chi connectivity index (χ4v) is 1.47. The van der Waals surface area contributed by atoms with E-state index in [-0.39, 0.29) is 17.3 Å². The summed E-state index contributed by atoms with van der Waals surface area (Å²) in [5.74, 6) is -0.586. The first kappa shape index (κ1) is 13.1. The molecule has 0 radical (unpaired) electrons. The smallest absolute Gasteiger partial charge is 0.338 e. The summed E-state index contributed by atoms with van der Waals surface area (Å²) in [6.07, 6.45) is 0. The fourth-order valence-electron chi connectivity index (χ4n) is 1.47. The minimum atomic E-state index is -0.586. The van der Waals surface area contributed by atoms with Crippen molar-refractivity contribution in [3.63, 3.8) is 0 Å². The molecule has 1 rings (SSSR count). The van der Waals surface area contributed by atoms with Crippen molar-refractivity contribution in [3.05, 3.63) is 39.4 Å². The summed E-state index contributed by atoms with van der Waals surface area (Å²) >= 11 is 0. The summed E-state index contributed by atoms with van der Waals surface area (Å²) in [5.41, 5.74) is 0.617. The second-order valence-corrected chi connectivity index (χ2v) is 3.53. The van der Waals surface area contributed by atoms with E-state index < -0.39 is 10.9 Å². The van der Waals surface area contributed by atoms with Crippen LogP contribution in [-0.4, -0.2) is 25.1 Å². The van der Waals surface area contributed by atoms with Crippen LogP contribution in [0.1, 0.15) is 28.9 Å². The summed E-state index contributed by atoms with van der Waals surface area (Å²) in [4.78, 5) is 21.7. The molecule has 1 N–H and O–H groups in total. The number of hydrogen-bond acceptors (Lipinski definition) is 5. The Labute approximate surface area is 98.7 Å². The van der Waals surface area contributed by atoms with Gasteiger partial charge in [-0.2, -0.15) is 0 Å². The minimum absolute atomic E-state index is 0.0882. The fraction of sp³-hybridized carbons (Fsp3) is 0.364. The maximum atomic E-state index is 11.3. The maximum absolute atomic E-state index is 11.3. The Morgan fingerprint density at radius 2 is 2.18 bits per heavy atom. The van der Waals surface area contributed by atoms with Gasteiger partial charge in [0.1, 0.15) is 0 Å². The van der Waals surface area contributed by atoms with E-state index in [0.717, 1.165) is 0 Å². The Morgan fingerprint density at radius 3 is 2.65 bits per heavy atom. The number of nitro benzene ring substituents is 1. The minimum Gasteiger partial charge on any atom is -0.465 e. The van der Waals surface area contributed by atoms with E-state index in [4.69, 9.17) is 0 Å². The third-order valence-corrected chi connectivity index (χ3v) is 2.55. The van der Waals surface area contributed by atoms with Gasteiger partial charge < -0.3 is 10.1 Å². The number of benzene rings is 1. The summed E-state index contributed by atoms with van der Waals surface area (Å²) in [5, 5.41) is 13.8. The van der Waals surface area contributed by atoms with E-state index in [2.05, 4.69) is 10.1 Å². The molecule has 0 saturated heterocycles. The Hall–Kier alpha value is -1.95. The van der Waals surface area contributed by atoms with Crippen LogP contribution in [0.25, 0.3) is 0 Å². The van der Waals surface area contributed by atoms with Crippen LogP contribution in [0.2, 0.25) is 0 Å². The molecule has 0 saturated carbocycles. The van der Waals surface area contributed by atoms with Crippen molar-refractivity contribution in [2.24, 2.45) is 0 Å². The van der Waals surface area contributed by atoms with Gasteiger partial charge in [-0.1, -0.05) is 0 Å². The lowest BCUT2D eigenvalue weighted by atomic mass is 10.0. The highest BCUT2D eigenvalue weighted by molar-refractivity contribution is 5.90. The van der Waals surface area contributed by atoms with Gasteiger partial charge in [-0.3, -0.25) is 10.1 Å². The highest BCUT2D eigenvalue weighted by Gasteiger charge is 2.20. The molecule has 1 atom stereocenters. The van der Waals surface area contributed by atoms with Crippen LogP contribution < -0.4 is 5.32 Å². The number of carbonyl (C=O) groups is 1. The second kappa shape index (κ2) is 5.40. The number of hydrogen-bond donors (Lipinski definition) is 1. The quantitative estimate of drug-likeness (QED) is 0.490. The molecule has 0 aliphatic rings. The molecule has 1 unspecified atom stereocenters. The molecular weight excluding hydrogens is 224 g/mol. The van der Waals surface area contributed by atoms with Crippen molar-refractivity contribution >= 4 is 11.7 Å². The van der Waals surface area contributed by atoms with Gasteiger partial charge in [0.2, 0.25) is 0 Å². The van der Waals surface area contributed by atoms with Crippen molar-refractivity contribution in [3.8, 4) is 0 Å². The van der Waals surface area contributed by atoms with Crippen LogP contribution in [0.4, 0.5) is 5.69 Å². The first-order chi connectivity index (χ1) is 8.01. The third-order valence-electron chi connectivity index (χ3n) is 2.55. The van der Waals surface area contributed by atoms with Gasteiger partial charge >= 0.3 is 5.97 Å². The molecule has 1 aromatic carbocycles. The number of carbonyl (C=O) groups excluding carboxylic acids is 1. The molecule has 6 nitrogen and oxygen atoms in total. The lowest BCUT2D eigenvalue weighted by molar-refractivity contribution is -0.385. The lowest BCUT2D eigenvalue weighted by Gasteiger charge is -2.11. The molecule has 0 heterocycles. The zero-order valence-electron chi connectivity index (χ0n) is 9.89. The number of methoxy groups -OCH3 is 1. The van der Waals surface area contributed by atoms with Crippen molar-refractivity contribution in [2.45, 2.75) is 13.0 Å². The summed E-state index contributed by atoms with van der Waals surface area (Å²) in [6.45, 7) is 1.81. The summed E-state index contributed by atoms with van der Waals surface area (Å²) < 4.78 is 4.52. The van der Waals surface area contributed by atoms with Crippen molar-refractivity contribution in [1.82, 2.24) is 5.32 Å². The van der Waals surface area contributed by atoms with Gasteiger partial charge in [0.25, 0.3) is 5.69 Å². The highest BCUT2D eigenvalue weighted by Crippen LogP contribution is 2.26. The molecule has 0 aliphatic heterocycles. The molecule has 0 amide bonds. The van der Waals surface area contributed by atoms with E-state index in [0.29, 0.717) is 5.56 Å². The SMILES string of the molecule is CNC(C)c1ccc(C(=O)OC)cc1[N+](=O)[O-]. The van der Waals surface area contributed by atoms with E-state index in [9.17, 15) is 14.9 Å². The lowest BCUT2D eigenvalue weighted by Crippen LogP contribution is -2.14. The zero-order valence-corrected chi connectivity index (χ0v) is 9.89. The van der Waals surface area contributed by atoms with Gasteiger partial charge in [-0.25, -0.2) is 4.79 Å². The molecule has 1 aromatic rings. The number of rotatable bonds is 4. The molecular formula is C11H14N2O4. The zero-order chi connectivity index (χ0) is 13.0. The van der Waals surface area contributed by atoms with Crippen molar-refractivity contribution in [1.29, 1.82) is 0 Å². The Kier molecular flexibility index (Phi) is 4.17. The molecule has 0 bridgehead atoms. The monoisotopic (exact) mass is 238 g/mol. The predicted molar refractivity (Wildman–Crippen MR) is 61.9 cm³/mol. The second-order valence-electron chi connectivity index (χ2n) is 3.53. The molecule has 6 heteroatoms. The molecule has 0 spiro atoms. The molecule has 0 aliphatic carbocycles. The van der Waals surface area contributed by atoms with Gasteiger partial charge in [0.05, 0.1) is 17.6 Å². The molecule has 0 fully saturated rings. The van der Waals surface area contributed by atoms with E-state index in [1.165, 1.54) is 19.2 Å². The van der Waals surface area contributed by atoms with Crippen LogP contribution in [0.5, 0.6) is 0 Å². The van der Waals surface area contributed by atoms with Crippen LogP contribution in [0, 0.1) is 10.1 Å². The van der Waals surface area contributed by atoms with E-state index in [1.807, 2.05) is 0 Å². The number of ether oxygens (including phenoxy) is 1. The Morgan fingerprint density at radius 1 is 1.53 bits per heavy atom. The third kappa shape index (κ3) is 2.79. The van der Waals surface area contributed by atoms with Crippen LogP contribution in [0.15, 0.2) is 18.2 Å². The number of nitrogens with zero attached hydrogens (tertiary/aromatic N) is 1. The van der Waals surface area contributed by atoms with E-state index in [1.54, 1.807) is 20.0 Å². The van der Waals surface area contributed by atoms with Crippen LogP contribution in [0.3, 0.4) is 0 Å². The molecule has 0 aromatic heterocycles. The average molecular weight is 238 g/mol. The van der Waals surface area contributed by atoms with Crippen molar-refractivity contribution in [2.75, 3.05) is 14.2 Å². The first-order valence-electron chi connectivity index (χ1n) is 5.05. The normalized spacial score (nSPS) is 11.9. The standard InChI is InChI=1S/C11H14N2O4/c1-7(12-2)9-5-4-8(11(14)17-3)6-10(9)13(15)16/h4-7,12H,1-3H3. The molecule has 17 heavy (non-hydrogen) atoms. The molecule has 92 valence electrons. The van der Waals surface area contributed by atoms with Gasteiger partial charge in [0, 0.05) is 17.7 Å². The number of nitrogens with one attached hydrogen (secondary N) is 1. The van der Waals surface area contributed by atoms with E-state index >= 15 is 0 Å². The van der Waals surface area contributed by atoms with Gasteiger partial charge in [-0.15, -0.1) is 0 Å². The highest BCUT2D eigenvalue weighted by atomic mass is 16.6. The topological polar surface area (TPSA) is 81.5 Å². The Bertz CT molecular complexity index is 445. The van der Waals surface area contributed by atoms with Gasteiger partial charge in [0.15, 0.2) is 0 Å². The number of esters is 1. The van der Waals surface area contributed by atoms with Crippen molar-refractivity contribution < 1.29 is 14.5 Å². The maximum Gasteiger partial charge on any atom is 0.338 e.